The number of aliphatic hydroxyl groups is 1. The first-order valence-electron chi connectivity index (χ1n) is 5.46. The van der Waals surface area contributed by atoms with Gasteiger partial charge in [-0.3, -0.25) is 14.5 Å². The average molecular weight is 249 g/mol. The van der Waals surface area contributed by atoms with E-state index in [-0.39, 0.29) is 16.7 Å². The second-order valence-electron chi connectivity index (χ2n) is 4.09. The van der Waals surface area contributed by atoms with Crippen LogP contribution < -0.4 is 0 Å². The van der Waals surface area contributed by atoms with Crippen molar-refractivity contribution in [3.05, 3.63) is 46.8 Å². The molecular formula is C13H12FNO3. The monoisotopic (exact) mass is 249 g/mol. The number of carbonyl (C=O) groups is 2. The Labute approximate surface area is 103 Å². The average Bonchev–Trinajstić information content (AvgIpc) is 2.63. The van der Waals surface area contributed by atoms with Gasteiger partial charge in [0.25, 0.3) is 11.8 Å². The molecule has 1 aromatic carbocycles. The van der Waals surface area contributed by atoms with Crippen molar-refractivity contribution in [1.82, 2.24) is 4.90 Å². The van der Waals surface area contributed by atoms with Crippen LogP contribution in [0.5, 0.6) is 0 Å². The van der Waals surface area contributed by atoms with Crippen molar-refractivity contribution in [2.75, 3.05) is 13.2 Å². The van der Waals surface area contributed by atoms with E-state index in [1.54, 1.807) is 12.1 Å². The summed E-state index contributed by atoms with van der Waals surface area (Å²) in [6.07, 6.45) is 0. The van der Waals surface area contributed by atoms with Crippen LogP contribution in [0.4, 0.5) is 4.39 Å². The Bertz CT molecular complexity index is 516. The minimum absolute atomic E-state index is 0.117. The molecule has 18 heavy (non-hydrogen) atoms. The number of rotatable bonds is 3. The van der Waals surface area contributed by atoms with Gasteiger partial charge in [-0.15, -0.1) is 0 Å². The number of nitrogens with zero attached hydrogens (tertiary/aromatic N) is 1. The summed E-state index contributed by atoms with van der Waals surface area (Å²) in [7, 11) is 0. The van der Waals surface area contributed by atoms with Crippen LogP contribution in [0.3, 0.4) is 0 Å². The number of fused-ring (bicyclic) bond motifs is 1. The van der Waals surface area contributed by atoms with Gasteiger partial charge in [-0.2, -0.15) is 0 Å². The topological polar surface area (TPSA) is 57.6 Å². The lowest BCUT2D eigenvalue weighted by molar-refractivity contribution is 0.0659. The van der Waals surface area contributed by atoms with E-state index in [4.69, 9.17) is 5.11 Å². The molecule has 0 bridgehead atoms. The lowest BCUT2D eigenvalue weighted by Crippen LogP contribution is -2.31. The van der Waals surface area contributed by atoms with Gasteiger partial charge in [-0.1, -0.05) is 12.1 Å². The molecule has 2 rings (SSSR count). The van der Waals surface area contributed by atoms with Crippen molar-refractivity contribution >= 4 is 11.8 Å². The van der Waals surface area contributed by atoms with Crippen molar-refractivity contribution < 1.29 is 19.1 Å². The summed E-state index contributed by atoms with van der Waals surface area (Å²) in [6.45, 7) is 0.543. The molecule has 5 heteroatoms. The van der Waals surface area contributed by atoms with Crippen molar-refractivity contribution in [2.45, 2.75) is 6.92 Å². The lowest BCUT2D eigenvalue weighted by Gasteiger charge is -2.13. The fourth-order valence-corrected chi connectivity index (χ4v) is 1.74. The smallest absolute Gasteiger partial charge is 0.261 e. The van der Waals surface area contributed by atoms with Crippen LogP contribution in [-0.2, 0) is 0 Å². The number of amides is 2. The zero-order valence-electron chi connectivity index (χ0n) is 9.81. The summed E-state index contributed by atoms with van der Waals surface area (Å²) in [5.41, 5.74) is 0.695. The van der Waals surface area contributed by atoms with Crippen molar-refractivity contribution in [3.8, 4) is 0 Å². The fraction of sp³-hybridized carbons (Fsp3) is 0.231. The predicted molar refractivity (Wildman–Crippen MR) is 62.7 cm³/mol. The molecule has 1 aliphatic heterocycles. The van der Waals surface area contributed by atoms with Crippen molar-refractivity contribution in [2.24, 2.45) is 0 Å². The quantitative estimate of drug-likeness (QED) is 0.826. The van der Waals surface area contributed by atoms with Crippen LogP contribution in [0.2, 0.25) is 0 Å². The number of aliphatic hydroxyl groups excluding tert-OH is 1. The molecule has 1 aliphatic rings. The van der Waals surface area contributed by atoms with Crippen LogP contribution in [0.1, 0.15) is 27.6 Å². The van der Waals surface area contributed by atoms with Crippen LogP contribution in [0.15, 0.2) is 35.7 Å². The van der Waals surface area contributed by atoms with Gasteiger partial charge in [0.05, 0.1) is 24.3 Å². The maximum Gasteiger partial charge on any atom is 0.261 e. The number of hydrogen-bond donors (Lipinski definition) is 1. The van der Waals surface area contributed by atoms with Gasteiger partial charge < -0.3 is 5.11 Å². The van der Waals surface area contributed by atoms with Crippen LogP contribution in [0, 0.1) is 0 Å². The van der Waals surface area contributed by atoms with Crippen LogP contribution >= 0.6 is 0 Å². The van der Waals surface area contributed by atoms with Gasteiger partial charge in [0.15, 0.2) is 0 Å². The lowest BCUT2D eigenvalue weighted by atomic mass is 10.1. The van der Waals surface area contributed by atoms with Crippen molar-refractivity contribution in [1.29, 1.82) is 0 Å². The highest BCUT2D eigenvalue weighted by molar-refractivity contribution is 6.21. The maximum absolute atomic E-state index is 13.6. The zero-order chi connectivity index (χ0) is 13.3. The SMILES string of the molecule is C/C(CO)=C(/F)CN1C(=O)c2ccccc2C1=O. The van der Waals surface area contributed by atoms with E-state index in [1.165, 1.54) is 19.1 Å². The third-order valence-electron chi connectivity index (χ3n) is 2.88. The summed E-state index contributed by atoms with van der Waals surface area (Å²) >= 11 is 0. The Kier molecular flexibility index (Phi) is 3.25. The third-order valence-corrected chi connectivity index (χ3v) is 2.88. The Balaban J connectivity index is 2.30. The van der Waals surface area contributed by atoms with E-state index in [1.807, 2.05) is 0 Å². The molecule has 0 saturated heterocycles. The summed E-state index contributed by atoms with van der Waals surface area (Å²) < 4.78 is 13.6. The molecule has 94 valence electrons. The van der Waals surface area contributed by atoms with Gasteiger partial charge in [0, 0.05) is 0 Å². The molecule has 0 saturated carbocycles. The Morgan fingerprint density at radius 1 is 1.22 bits per heavy atom. The van der Waals surface area contributed by atoms with Crippen LogP contribution in [0.25, 0.3) is 0 Å². The number of hydrogen-bond acceptors (Lipinski definition) is 3. The molecule has 1 heterocycles. The molecule has 1 aromatic rings. The van der Waals surface area contributed by atoms with E-state index in [9.17, 15) is 14.0 Å². The minimum atomic E-state index is -0.660. The summed E-state index contributed by atoms with van der Waals surface area (Å²) in [5, 5.41) is 8.80. The molecule has 4 nitrogen and oxygen atoms in total. The second-order valence-corrected chi connectivity index (χ2v) is 4.09. The highest BCUT2D eigenvalue weighted by Gasteiger charge is 2.35. The first-order valence-corrected chi connectivity index (χ1v) is 5.46. The van der Waals surface area contributed by atoms with Gasteiger partial charge >= 0.3 is 0 Å². The number of carbonyl (C=O) groups excluding carboxylic acids is 2. The molecule has 0 unspecified atom stereocenters. The zero-order valence-corrected chi connectivity index (χ0v) is 9.81. The molecule has 0 spiro atoms. The van der Waals surface area contributed by atoms with E-state index in [0.29, 0.717) is 0 Å². The number of imide groups is 1. The Hall–Kier alpha value is -2.01. The normalized spacial score (nSPS) is 15.8. The standard InChI is InChI=1S/C13H12FNO3/c1-8(7-16)11(14)6-15-12(17)9-4-2-3-5-10(9)13(15)18/h2-5,16H,6-7H2,1H3/b11-8-. The minimum Gasteiger partial charge on any atom is -0.392 e. The Morgan fingerprint density at radius 3 is 2.17 bits per heavy atom. The van der Waals surface area contributed by atoms with E-state index >= 15 is 0 Å². The number of benzene rings is 1. The van der Waals surface area contributed by atoms with E-state index in [2.05, 4.69) is 0 Å². The van der Waals surface area contributed by atoms with Gasteiger partial charge in [-0.05, 0) is 24.6 Å². The first kappa shape index (κ1) is 12.4. The van der Waals surface area contributed by atoms with Crippen LogP contribution in [-0.4, -0.2) is 35.0 Å². The van der Waals surface area contributed by atoms with Gasteiger partial charge in [0.2, 0.25) is 0 Å². The summed E-state index contributed by atoms with van der Waals surface area (Å²) in [4.78, 5) is 24.7. The highest BCUT2D eigenvalue weighted by Crippen LogP contribution is 2.23. The third kappa shape index (κ3) is 1.93. The number of halogens is 1. The molecule has 0 fully saturated rings. The van der Waals surface area contributed by atoms with Gasteiger partial charge in [-0.25, -0.2) is 4.39 Å². The summed E-state index contributed by atoms with van der Waals surface area (Å²) in [5.74, 6) is -1.67. The maximum atomic E-state index is 13.6. The van der Waals surface area contributed by atoms with Crippen molar-refractivity contribution in [3.63, 3.8) is 0 Å². The predicted octanol–water partition coefficient (Wildman–Crippen LogP) is 1.52. The highest BCUT2D eigenvalue weighted by atomic mass is 19.1. The van der Waals surface area contributed by atoms with E-state index < -0.39 is 30.8 Å². The molecular weight excluding hydrogens is 237 g/mol. The molecule has 0 atom stereocenters. The first-order chi connectivity index (χ1) is 8.56. The molecule has 0 aliphatic carbocycles. The molecule has 0 aromatic heterocycles. The summed E-state index contributed by atoms with van der Waals surface area (Å²) in [6, 6.07) is 6.38. The molecule has 0 radical (unpaired) electrons. The van der Waals surface area contributed by atoms with E-state index in [0.717, 1.165) is 4.90 Å². The second kappa shape index (κ2) is 4.70. The molecule has 1 N–H and O–H groups in total. The molecule has 2 amide bonds. The fourth-order valence-electron chi connectivity index (χ4n) is 1.74. The Morgan fingerprint density at radius 2 is 1.72 bits per heavy atom. The largest absolute Gasteiger partial charge is 0.392 e. The van der Waals surface area contributed by atoms with Gasteiger partial charge in [0.1, 0.15) is 5.83 Å².